The average molecular weight is 221 g/mol. The van der Waals surface area contributed by atoms with Gasteiger partial charge in [-0.25, -0.2) is 4.98 Å². The zero-order valence-electron chi connectivity index (χ0n) is 10.1. The van der Waals surface area contributed by atoms with Gasteiger partial charge in [0.2, 0.25) is 5.95 Å². The van der Waals surface area contributed by atoms with Crippen molar-refractivity contribution in [2.75, 3.05) is 37.3 Å². The van der Waals surface area contributed by atoms with Crippen molar-refractivity contribution < 1.29 is 0 Å². The van der Waals surface area contributed by atoms with Crippen LogP contribution in [0.15, 0.2) is 12.3 Å². The second-order valence-corrected chi connectivity index (χ2v) is 4.94. The molecule has 0 amide bonds. The summed E-state index contributed by atoms with van der Waals surface area (Å²) in [4.78, 5) is 13.1. The number of nitrogen functional groups attached to an aromatic ring is 1. The van der Waals surface area contributed by atoms with Gasteiger partial charge in [0.15, 0.2) is 0 Å². The van der Waals surface area contributed by atoms with Crippen LogP contribution in [0.2, 0.25) is 0 Å². The molecule has 5 nitrogen and oxygen atoms in total. The van der Waals surface area contributed by atoms with Crippen LogP contribution < -0.4 is 10.6 Å². The van der Waals surface area contributed by atoms with Crippen molar-refractivity contribution in [2.24, 2.45) is 0 Å². The van der Waals surface area contributed by atoms with Crippen LogP contribution in [0.1, 0.15) is 13.8 Å². The summed E-state index contributed by atoms with van der Waals surface area (Å²) >= 11 is 0. The first-order chi connectivity index (χ1) is 7.49. The van der Waals surface area contributed by atoms with Gasteiger partial charge in [-0.05, 0) is 27.0 Å². The molecule has 2 N–H and O–H groups in total. The minimum atomic E-state index is 0.145. The Morgan fingerprint density at radius 2 is 2.12 bits per heavy atom. The maximum atomic E-state index is 5.67. The summed E-state index contributed by atoms with van der Waals surface area (Å²) in [5.41, 5.74) is 5.82. The van der Waals surface area contributed by atoms with Crippen molar-refractivity contribution >= 4 is 11.8 Å². The van der Waals surface area contributed by atoms with E-state index in [2.05, 4.69) is 40.7 Å². The van der Waals surface area contributed by atoms with Crippen LogP contribution in [0.4, 0.5) is 11.8 Å². The average Bonchev–Trinajstić information content (AvgIpc) is 2.22. The molecule has 0 saturated carbocycles. The normalized spacial score (nSPS) is 21.1. The van der Waals surface area contributed by atoms with Gasteiger partial charge in [0.1, 0.15) is 5.82 Å². The third-order valence-corrected chi connectivity index (χ3v) is 3.26. The van der Waals surface area contributed by atoms with Crippen LogP contribution in [-0.4, -0.2) is 47.1 Å². The second kappa shape index (κ2) is 3.90. The fourth-order valence-electron chi connectivity index (χ4n) is 1.93. The molecule has 1 saturated heterocycles. The molecule has 5 heteroatoms. The molecule has 2 heterocycles. The summed E-state index contributed by atoms with van der Waals surface area (Å²) in [7, 11) is 2.15. The van der Waals surface area contributed by atoms with Crippen LogP contribution in [0.3, 0.4) is 0 Å². The number of likely N-dealkylation sites (N-methyl/N-ethyl adjacent to an activating group) is 1. The van der Waals surface area contributed by atoms with E-state index >= 15 is 0 Å². The Balaban J connectivity index is 2.18. The molecule has 0 aromatic carbocycles. The Kier molecular flexibility index (Phi) is 2.71. The molecule has 0 aliphatic carbocycles. The highest BCUT2D eigenvalue weighted by Gasteiger charge is 2.31. The fourth-order valence-corrected chi connectivity index (χ4v) is 1.93. The van der Waals surface area contributed by atoms with Gasteiger partial charge in [0.25, 0.3) is 0 Å². The summed E-state index contributed by atoms with van der Waals surface area (Å²) in [5.74, 6) is 1.27. The van der Waals surface area contributed by atoms with E-state index in [1.54, 1.807) is 12.3 Å². The summed E-state index contributed by atoms with van der Waals surface area (Å²) in [6, 6.07) is 1.71. The molecule has 1 aromatic heterocycles. The lowest BCUT2D eigenvalue weighted by Gasteiger charge is -2.45. The first kappa shape index (κ1) is 11.1. The first-order valence-corrected chi connectivity index (χ1v) is 5.54. The molecular formula is C11H19N5. The molecule has 0 spiro atoms. The predicted molar refractivity (Wildman–Crippen MR) is 65.4 cm³/mol. The lowest BCUT2D eigenvalue weighted by atomic mass is 10.0. The number of rotatable bonds is 1. The van der Waals surface area contributed by atoms with Gasteiger partial charge >= 0.3 is 0 Å². The van der Waals surface area contributed by atoms with Gasteiger partial charge in [-0.3, -0.25) is 4.90 Å². The van der Waals surface area contributed by atoms with Crippen molar-refractivity contribution in [3.63, 3.8) is 0 Å². The molecule has 0 atom stereocenters. The molecule has 0 radical (unpaired) electrons. The number of aromatic nitrogens is 2. The van der Waals surface area contributed by atoms with Crippen molar-refractivity contribution in [3.8, 4) is 0 Å². The zero-order chi connectivity index (χ0) is 11.8. The number of piperazine rings is 1. The molecule has 0 bridgehead atoms. The predicted octanol–water partition coefficient (Wildman–Crippen LogP) is 0.589. The SMILES string of the molecule is CN1CCN(c2nccc(N)n2)CC1(C)C. The summed E-state index contributed by atoms with van der Waals surface area (Å²) in [6.07, 6.45) is 1.71. The minimum absolute atomic E-state index is 0.145. The van der Waals surface area contributed by atoms with Crippen molar-refractivity contribution in [1.29, 1.82) is 0 Å². The van der Waals surface area contributed by atoms with Gasteiger partial charge in [-0.15, -0.1) is 0 Å². The summed E-state index contributed by atoms with van der Waals surface area (Å²) < 4.78 is 0. The number of hydrogen-bond donors (Lipinski definition) is 1. The second-order valence-electron chi connectivity index (χ2n) is 4.94. The highest BCUT2D eigenvalue weighted by Crippen LogP contribution is 2.21. The molecule has 1 fully saturated rings. The Bertz CT molecular complexity index is 376. The number of nitrogens with two attached hydrogens (primary N) is 1. The van der Waals surface area contributed by atoms with E-state index in [4.69, 9.17) is 5.73 Å². The van der Waals surface area contributed by atoms with E-state index in [1.165, 1.54) is 0 Å². The first-order valence-electron chi connectivity index (χ1n) is 5.54. The van der Waals surface area contributed by atoms with E-state index < -0.39 is 0 Å². The smallest absolute Gasteiger partial charge is 0.227 e. The molecular weight excluding hydrogens is 202 g/mol. The molecule has 1 aliphatic heterocycles. The molecule has 1 aromatic rings. The van der Waals surface area contributed by atoms with Crippen LogP contribution in [0, 0.1) is 0 Å². The highest BCUT2D eigenvalue weighted by atomic mass is 15.3. The molecule has 0 unspecified atom stereocenters. The zero-order valence-corrected chi connectivity index (χ0v) is 10.1. The van der Waals surface area contributed by atoms with Crippen LogP contribution >= 0.6 is 0 Å². The van der Waals surface area contributed by atoms with Crippen LogP contribution in [0.25, 0.3) is 0 Å². The van der Waals surface area contributed by atoms with E-state index in [0.717, 1.165) is 25.6 Å². The quantitative estimate of drug-likeness (QED) is 0.752. The van der Waals surface area contributed by atoms with E-state index in [1.807, 2.05) is 0 Å². The Labute approximate surface area is 96.3 Å². The van der Waals surface area contributed by atoms with Gasteiger partial charge in [-0.1, -0.05) is 0 Å². The van der Waals surface area contributed by atoms with Crippen molar-refractivity contribution in [3.05, 3.63) is 12.3 Å². The van der Waals surface area contributed by atoms with E-state index in [0.29, 0.717) is 5.82 Å². The maximum Gasteiger partial charge on any atom is 0.227 e. The number of nitrogens with zero attached hydrogens (tertiary/aromatic N) is 4. The molecule has 2 rings (SSSR count). The number of hydrogen-bond acceptors (Lipinski definition) is 5. The minimum Gasteiger partial charge on any atom is -0.384 e. The maximum absolute atomic E-state index is 5.67. The molecule has 88 valence electrons. The molecule has 1 aliphatic rings. The molecule has 16 heavy (non-hydrogen) atoms. The third-order valence-electron chi connectivity index (χ3n) is 3.26. The summed E-state index contributed by atoms with van der Waals surface area (Å²) in [5, 5.41) is 0. The highest BCUT2D eigenvalue weighted by molar-refractivity contribution is 5.38. The monoisotopic (exact) mass is 221 g/mol. The Morgan fingerprint density at radius 1 is 1.38 bits per heavy atom. The topological polar surface area (TPSA) is 58.3 Å². The summed E-state index contributed by atoms with van der Waals surface area (Å²) in [6.45, 7) is 7.35. The largest absolute Gasteiger partial charge is 0.384 e. The fraction of sp³-hybridized carbons (Fsp3) is 0.636. The Hall–Kier alpha value is -1.36. The van der Waals surface area contributed by atoms with Gasteiger partial charge in [0.05, 0.1) is 0 Å². The standard InChI is InChI=1S/C11H19N5/c1-11(2)8-16(7-6-15(11)3)10-13-5-4-9(12)14-10/h4-5H,6-8H2,1-3H3,(H2,12,13,14). The van der Waals surface area contributed by atoms with Crippen LogP contribution in [-0.2, 0) is 0 Å². The number of anilines is 2. The van der Waals surface area contributed by atoms with Crippen LogP contribution in [0.5, 0.6) is 0 Å². The van der Waals surface area contributed by atoms with Gasteiger partial charge < -0.3 is 10.6 Å². The lowest BCUT2D eigenvalue weighted by molar-refractivity contribution is 0.138. The van der Waals surface area contributed by atoms with Gasteiger partial charge in [0, 0.05) is 31.4 Å². The van der Waals surface area contributed by atoms with Gasteiger partial charge in [-0.2, -0.15) is 4.98 Å². The Morgan fingerprint density at radius 3 is 2.75 bits per heavy atom. The van der Waals surface area contributed by atoms with E-state index in [9.17, 15) is 0 Å². The van der Waals surface area contributed by atoms with Crippen molar-refractivity contribution in [1.82, 2.24) is 14.9 Å². The third kappa shape index (κ3) is 2.09. The van der Waals surface area contributed by atoms with E-state index in [-0.39, 0.29) is 5.54 Å². The lowest BCUT2D eigenvalue weighted by Crippen LogP contribution is -2.58. The van der Waals surface area contributed by atoms with Crippen molar-refractivity contribution in [2.45, 2.75) is 19.4 Å².